The number of benzene rings is 4. The Kier molecular flexibility index (Phi) is 6.17. The smallest absolute Gasteiger partial charge is 0.237 e. The van der Waals surface area contributed by atoms with Gasteiger partial charge in [0.2, 0.25) is 11.8 Å². The third-order valence-electron chi connectivity index (χ3n) is 6.39. The summed E-state index contributed by atoms with van der Waals surface area (Å²) < 4.78 is 1.84. The maximum absolute atomic E-state index is 12.8. The SMILES string of the molecule is O=C(Cc1cccc2ccccc12)Nc1ccc2nc(SCC(=O)N3CCc4ccccc43)sc2c1. The summed E-state index contributed by atoms with van der Waals surface area (Å²) in [4.78, 5) is 32.2. The van der Waals surface area contributed by atoms with Crippen LogP contribution in [0.2, 0.25) is 0 Å². The van der Waals surface area contributed by atoms with Crippen molar-refractivity contribution in [2.24, 2.45) is 0 Å². The molecule has 178 valence electrons. The molecule has 2 amide bonds. The molecule has 4 aromatic carbocycles. The van der Waals surface area contributed by atoms with Crippen molar-refractivity contribution in [2.45, 2.75) is 17.2 Å². The van der Waals surface area contributed by atoms with E-state index in [2.05, 4.69) is 28.5 Å². The van der Waals surface area contributed by atoms with E-state index in [-0.39, 0.29) is 11.8 Å². The predicted molar refractivity (Wildman–Crippen MR) is 149 cm³/mol. The van der Waals surface area contributed by atoms with Crippen molar-refractivity contribution < 1.29 is 9.59 Å². The van der Waals surface area contributed by atoms with Crippen LogP contribution in [0.5, 0.6) is 0 Å². The first kappa shape index (κ1) is 22.8. The highest BCUT2D eigenvalue weighted by atomic mass is 32.2. The number of hydrogen-bond donors (Lipinski definition) is 1. The van der Waals surface area contributed by atoms with E-state index in [1.165, 1.54) is 17.3 Å². The van der Waals surface area contributed by atoms with Gasteiger partial charge in [0.1, 0.15) is 0 Å². The van der Waals surface area contributed by atoms with Crippen LogP contribution in [-0.4, -0.2) is 29.1 Å². The van der Waals surface area contributed by atoms with E-state index in [0.717, 1.165) is 55.2 Å². The number of hydrogen-bond acceptors (Lipinski definition) is 5. The van der Waals surface area contributed by atoms with Crippen molar-refractivity contribution >= 4 is 67.3 Å². The van der Waals surface area contributed by atoms with E-state index in [0.29, 0.717) is 12.2 Å². The molecule has 0 spiro atoms. The van der Waals surface area contributed by atoms with Crippen molar-refractivity contribution in [3.8, 4) is 0 Å². The molecule has 5 nitrogen and oxygen atoms in total. The number of thioether (sulfide) groups is 1. The summed E-state index contributed by atoms with van der Waals surface area (Å²) in [6.45, 7) is 0.737. The Morgan fingerprint density at radius 2 is 1.81 bits per heavy atom. The Bertz CT molecular complexity index is 1610. The number of amides is 2. The minimum Gasteiger partial charge on any atom is -0.326 e. The molecule has 0 atom stereocenters. The van der Waals surface area contributed by atoms with Gasteiger partial charge in [0.25, 0.3) is 0 Å². The normalized spacial score (nSPS) is 12.7. The third kappa shape index (κ3) is 4.59. The lowest BCUT2D eigenvalue weighted by molar-refractivity contribution is -0.116. The van der Waals surface area contributed by atoms with Crippen molar-refractivity contribution in [1.82, 2.24) is 4.98 Å². The molecular weight excluding hydrogens is 486 g/mol. The molecule has 2 heterocycles. The van der Waals surface area contributed by atoms with Gasteiger partial charge in [0.05, 0.1) is 22.4 Å². The van der Waals surface area contributed by atoms with Crippen LogP contribution in [0.15, 0.2) is 89.3 Å². The van der Waals surface area contributed by atoms with Gasteiger partial charge >= 0.3 is 0 Å². The first-order chi connectivity index (χ1) is 17.6. The van der Waals surface area contributed by atoms with Gasteiger partial charge in [-0.25, -0.2) is 4.98 Å². The average Bonchev–Trinajstić information content (AvgIpc) is 3.51. The second-order valence-electron chi connectivity index (χ2n) is 8.74. The fourth-order valence-electron chi connectivity index (χ4n) is 4.67. The maximum atomic E-state index is 12.8. The Hall–Kier alpha value is -3.68. The number of fused-ring (bicyclic) bond motifs is 3. The van der Waals surface area contributed by atoms with E-state index < -0.39 is 0 Å². The Morgan fingerprint density at radius 1 is 0.972 bits per heavy atom. The number of nitrogens with one attached hydrogen (secondary N) is 1. The van der Waals surface area contributed by atoms with Crippen molar-refractivity contribution in [2.75, 3.05) is 22.5 Å². The first-order valence-corrected chi connectivity index (χ1v) is 13.6. The monoisotopic (exact) mass is 509 g/mol. The number of aromatic nitrogens is 1. The molecule has 6 rings (SSSR count). The fraction of sp³-hybridized carbons (Fsp3) is 0.138. The number of carbonyl (C=O) groups is 2. The lowest BCUT2D eigenvalue weighted by Gasteiger charge is -2.16. The Balaban J connectivity index is 1.11. The summed E-state index contributed by atoms with van der Waals surface area (Å²) in [5, 5.41) is 5.26. The maximum Gasteiger partial charge on any atom is 0.237 e. The van der Waals surface area contributed by atoms with Crippen molar-refractivity contribution in [1.29, 1.82) is 0 Å². The topological polar surface area (TPSA) is 62.3 Å². The van der Waals surface area contributed by atoms with E-state index in [9.17, 15) is 9.59 Å². The number of anilines is 2. The lowest BCUT2D eigenvalue weighted by Crippen LogP contribution is -2.30. The van der Waals surface area contributed by atoms with Gasteiger partial charge in [-0.2, -0.15) is 0 Å². The summed E-state index contributed by atoms with van der Waals surface area (Å²) in [7, 11) is 0. The zero-order chi connectivity index (χ0) is 24.5. The minimum atomic E-state index is -0.0543. The van der Waals surface area contributed by atoms with Crippen LogP contribution in [0.25, 0.3) is 21.0 Å². The van der Waals surface area contributed by atoms with E-state index in [4.69, 9.17) is 0 Å². The molecule has 1 N–H and O–H groups in total. The zero-order valence-electron chi connectivity index (χ0n) is 19.4. The van der Waals surface area contributed by atoms with Crippen LogP contribution in [-0.2, 0) is 22.4 Å². The molecule has 0 unspecified atom stereocenters. The zero-order valence-corrected chi connectivity index (χ0v) is 21.1. The highest BCUT2D eigenvalue weighted by Gasteiger charge is 2.24. The van der Waals surface area contributed by atoms with E-state index in [1.54, 1.807) is 11.3 Å². The van der Waals surface area contributed by atoms with Gasteiger partial charge in [-0.15, -0.1) is 11.3 Å². The number of nitrogens with zero attached hydrogens (tertiary/aromatic N) is 2. The largest absolute Gasteiger partial charge is 0.326 e. The molecule has 0 bridgehead atoms. The molecule has 0 aliphatic carbocycles. The molecule has 1 aliphatic rings. The molecule has 0 fully saturated rings. The van der Waals surface area contributed by atoms with Crippen LogP contribution >= 0.6 is 23.1 Å². The fourth-order valence-corrected chi connectivity index (χ4v) is 6.65. The molecular formula is C29H23N3O2S2. The van der Waals surface area contributed by atoms with Gasteiger partial charge in [-0.1, -0.05) is 72.4 Å². The van der Waals surface area contributed by atoms with Crippen LogP contribution in [0.4, 0.5) is 11.4 Å². The molecule has 7 heteroatoms. The molecule has 36 heavy (non-hydrogen) atoms. The second kappa shape index (κ2) is 9.76. The summed E-state index contributed by atoms with van der Waals surface area (Å²) >= 11 is 3.01. The Labute approximate surface area is 217 Å². The summed E-state index contributed by atoms with van der Waals surface area (Å²) in [6.07, 6.45) is 1.22. The van der Waals surface area contributed by atoms with E-state index >= 15 is 0 Å². The lowest BCUT2D eigenvalue weighted by atomic mass is 10.0. The van der Waals surface area contributed by atoms with Crippen molar-refractivity contribution in [3.05, 3.63) is 96.1 Å². The minimum absolute atomic E-state index is 0.0543. The van der Waals surface area contributed by atoms with Crippen LogP contribution < -0.4 is 10.2 Å². The standard InChI is InChI=1S/C29H23N3O2S2/c33-27(16-21-9-5-8-19-6-1-3-10-23(19)21)30-22-12-13-24-26(17-22)36-29(31-24)35-18-28(34)32-15-14-20-7-2-4-11-25(20)32/h1-13,17H,14-16,18H2,(H,30,33). The van der Waals surface area contributed by atoms with Gasteiger partial charge in [0.15, 0.2) is 4.34 Å². The van der Waals surface area contributed by atoms with Gasteiger partial charge in [-0.05, 0) is 52.6 Å². The van der Waals surface area contributed by atoms with Gasteiger partial charge in [0, 0.05) is 17.9 Å². The number of para-hydroxylation sites is 1. The summed E-state index contributed by atoms with van der Waals surface area (Å²) in [5.74, 6) is 0.398. The Morgan fingerprint density at radius 3 is 2.75 bits per heavy atom. The van der Waals surface area contributed by atoms with Crippen molar-refractivity contribution in [3.63, 3.8) is 0 Å². The molecule has 1 aliphatic heterocycles. The molecule has 0 radical (unpaired) electrons. The summed E-state index contributed by atoms with van der Waals surface area (Å²) in [6, 6.07) is 28.0. The predicted octanol–water partition coefficient (Wildman–Crippen LogP) is 6.31. The number of thiazole rings is 1. The average molecular weight is 510 g/mol. The van der Waals surface area contributed by atoms with Crippen LogP contribution in [0.3, 0.4) is 0 Å². The number of rotatable bonds is 6. The highest BCUT2D eigenvalue weighted by molar-refractivity contribution is 8.01. The molecule has 1 aromatic heterocycles. The molecule has 5 aromatic rings. The van der Waals surface area contributed by atoms with Crippen LogP contribution in [0.1, 0.15) is 11.1 Å². The van der Waals surface area contributed by atoms with E-state index in [1.807, 2.05) is 71.6 Å². The third-order valence-corrected chi connectivity index (χ3v) is 8.54. The van der Waals surface area contributed by atoms with Gasteiger partial charge < -0.3 is 10.2 Å². The second-order valence-corrected chi connectivity index (χ2v) is 11.0. The molecule has 0 saturated heterocycles. The summed E-state index contributed by atoms with van der Waals surface area (Å²) in [5.41, 5.74) is 4.88. The quantitative estimate of drug-likeness (QED) is 0.272. The number of carbonyl (C=O) groups excluding carboxylic acids is 2. The van der Waals surface area contributed by atoms with Gasteiger partial charge in [-0.3, -0.25) is 9.59 Å². The highest BCUT2D eigenvalue weighted by Crippen LogP contribution is 2.33. The first-order valence-electron chi connectivity index (χ1n) is 11.8. The molecule has 0 saturated carbocycles. The van der Waals surface area contributed by atoms with Crippen LogP contribution in [0, 0.1) is 0 Å².